The molecule has 0 aliphatic heterocycles. The van der Waals surface area contributed by atoms with Gasteiger partial charge in [0.2, 0.25) is 0 Å². The monoisotopic (exact) mass is 658 g/mol. The molecule has 2 fully saturated rings. The Morgan fingerprint density at radius 1 is 0.429 bits per heavy atom. The van der Waals surface area contributed by atoms with E-state index in [0.29, 0.717) is 0 Å². The maximum absolute atomic E-state index is 4.59. The highest BCUT2D eigenvalue weighted by atomic mass is 14.9. The van der Waals surface area contributed by atoms with Gasteiger partial charge in [0.15, 0.2) is 11.6 Å². The van der Waals surface area contributed by atoms with Crippen LogP contribution in [0.5, 0.6) is 0 Å². The molecule has 2 aromatic carbocycles. The lowest BCUT2D eigenvalue weighted by Crippen LogP contribution is -2.15. The predicted molar refractivity (Wildman–Crippen MR) is 206 cm³/mol. The van der Waals surface area contributed by atoms with E-state index in [-0.39, 0.29) is 0 Å². The van der Waals surface area contributed by atoms with Gasteiger partial charge in [-0.25, -0.2) is 19.9 Å². The third-order valence-electron chi connectivity index (χ3n) is 11.5. The molecule has 0 radical (unpaired) electrons. The van der Waals surface area contributed by atoms with Crippen molar-refractivity contribution in [2.45, 2.75) is 137 Å². The van der Waals surface area contributed by atoms with Gasteiger partial charge in [-0.3, -0.25) is 0 Å². The van der Waals surface area contributed by atoms with Crippen molar-refractivity contribution in [3.63, 3.8) is 0 Å². The van der Waals surface area contributed by atoms with Gasteiger partial charge in [-0.05, 0) is 84.5 Å². The summed E-state index contributed by atoms with van der Waals surface area (Å²) in [4.78, 5) is 18.4. The van der Waals surface area contributed by atoms with Crippen LogP contribution >= 0.6 is 0 Å². The molecule has 49 heavy (non-hydrogen) atoms. The number of hydrogen-bond donors (Lipinski definition) is 0. The van der Waals surface area contributed by atoms with Gasteiger partial charge in [0, 0.05) is 35.9 Å². The number of aromatic nitrogens is 4. The SMILES string of the molecule is CCCC1CCC(CCc2cnc(-c3ccc(CC)cc3)nc2)CC1.CCc1ccc(-c2ncc(CCC3CCC(CC)CC3)cn2)cc1. The summed E-state index contributed by atoms with van der Waals surface area (Å²) in [6.07, 6.45) is 30.7. The van der Waals surface area contributed by atoms with Crippen molar-refractivity contribution in [3.05, 3.63) is 95.6 Å². The highest BCUT2D eigenvalue weighted by Crippen LogP contribution is 2.34. The van der Waals surface area contributed by atoms with E-state index in [9.17, 15) is 0 Å². The summed E-state index contributed by atoms with van der Waals surface area (Å²) < 4.78 is 0. The Morgan fingerprint density at radius 2 is 0.776 bits per heavy atom. The first kappa shape index (κ1) is 36.9. The summed E-state index contributed by atoms with van der Waals surface area (Å²) in [5.41, 5.74) is 7.49. The summed E-state index contributed by atoms with van der Waals surface area (Å²) >= 11 is 0. The first-order chi connectivity index (χ1) is 24.1. The molecule has 0 spiro atoms. The van der Waals surface area contributed by atoms with E-state index >= 15 is 0 Å². The van der Waals surface area contributed by atoms with Gasteiger partial charge in [-0.2, -0.15) is 0 Å². The maximum atomic E-state index is 4.59. The van der Waals surface area contributed by atoms with Crippen LogP contribution in [0.3, 0.4) is 0 Å². The molecule has 6 rings (SSSR count). The summed E-state index contributed by atoms with van der Waals surface area (Å²) in [7, 11) is 0. The molecule has 262 valence electrons. The fourth-order valence-electron chi connectivity index (χ4n) is 7.93. The number of aryl methyl sites for hydroxylation is 4. The Hall–Kier alpha value is -3.40. The van der Waals surface area contributed by atoms with Crippen LogP contribution in [0.1, 0.15) is 133 Å². The Balaban J connectivity index is 0.000000191. The lowest BCUT2D eigenvalue weighted by Gasteiger charge is -2.28. The van der Waals surface area contributed by atoms with E-state index < -0.39 is 0 Å². The Kier molecular flexibility index (Phi) is 14.8. The number of nitrogens with zero attached hydrogens (tertiary/aromatic N) is 4. The summed E-state index contributed by atoms with van der Waals surface area (Å²) in [5.74, 6) is 5.49. The van der Waals surface area contributed by atoms with Crippen LogP contribution in [0.2, 0.25) is 0 Å². The molecule has 4 heteroatoms. The average Bonchev–Trinajstić information content (AvgIpc) is 3.18. The second-order valence-electron chi connectivity index (χ2n) is 15.0. The van der Waals surface area contributed by atoms with Gasteiger partial charge in [0.1, 0.15) is 0 Å². The predicted octanol–water partition coefficient (Wildman–Crippen LogP) is 12.1. The molecule has 0 atom stereocenters. The van der Waals surface area contributed by atoms with E-state index in [1.807, 2.05) is 24.8 Å². The third kappa shape index (κ3) is 11.6. The summed E-state index contributed by atoms with van der Waals surface area (Å²) in [5, 5.41) is 0. The molecular formula is C45H62N4. The molecule has 0 unspecified atom stereocenters. The highest BCUT2D eigenvalue weighted by Gasteiger charge is 2.21. The lowest BCUT2D eigenvalue weighted by atomic mass is 9.78. The molecule has 0 saturated heterocycles. The van der Waals surface area contributed by atoms with Crippen LogP contribution in [0, 0.1) is 23.7 Å². The Bertz CT molecular complexity index is 1460. The van der Waals surface area contributed by atoms with Crippen molar-refractivity contribution in [2.24, 2.45) is 23.7 Å². The van der Waals surface area contributed by atoms with E-state index in [0.717, 1.165) is 72.1 Å². The van der Waals surface area contributed by atoms with Gasteiger partial charge in [-0.1, -0.05) is 147 Å². The van der Waals surface area contributed by atoms with Gasteiger partial charge < -0.3 is 0 Å². The van der Waals surface area contributed by atoms with Crippen LogP contribution < -0.4 is 0 Å². The topological polar surface area (TPSA) is 51.6 Å². The van der Waals surface area contributed by atoms with Crippen LogP contribution in [-0.4, -0.2) is 19.9 Å². The Labute approximate surface area is 298 Å². The fraction of sp³-hybridized carbons (Fsp3) is 0.556. The molecule has 2 saturated carbocycles. The zero-order chi connectivity index (χ0) is 34.3. The second kappa shape index (κ2) is 19.7. The van der Waals surface area contributed by atoms with Crippen molar-refractivity contribution in [1.82, 2.24) is 19.9 Å². The van der Waals surface area contributed by atoms with Crippen molar-refractivity contribution >= 4 is 0 Å². The number of rotatable bonds is 13. The van der Waals surface area contributed by atoms with Gasteiger partial charge >= 0.3 is 0 Å². The first-order valence-corrected chi connectivity index (χ1v) is 19.9. The maximum Gasteiger partial charge on any atom is 0.159 e. The summed E-state index contributed by atoms with van der Waals surface area (Å²) in [6.45, 7) is 9.00. The van der Waals surface area contributed by atoms with Gasteiger partial charge in [-0.15, -0.1) is 0 Å². The second-order valence-corrected chi connectivity index (χ2v) is 15.0. The quantitative estimate of drug-likeness (QED) is 0.143. The third-order valence-corrected chi connectivity index (χ3v) is 11.5. The standard InChI is InChI=1S/C23H32N2.C22H30N2/c1-3-5-19-6-8-20(9-7-19)10-11-21-16-24-23(25-17-21)22-14-12-18(4-2)13-15-22;1-3-17-5-7-19(8-6-17)9-10-20-15-23-22(24-16-20)21-13-11-18(4-2)12-14-21/h12-17,19-20H,3-11H2,1-2H3;11-17,19H,3-10H2,1-2H3. The summed E-state index contributed by atoms with van der Waals surface area (Å²) in [6, 6.07) is 17.2. The minimum Gasteiger partial charge on any atom is -0.236 e. The fourth-order valence-corrected chi connectivity index (χ4v) is 7.93. The lowest BCUT2D eigenvalue weighted by molar-refractivity contribution is 0.252. The van der Waals surface area contributed by atoms with E-state index in [2.05, 4.69) is 96.2 Å². The molecule has 0 amide bonds. The van der Waals surface area contributed by atoms with Crippen LogP contribution in [-0.2, 0) is 25.7 Å². The van der Waals surface area contributed by atoms with E-state index in [1.54, 1.807) is 0 Å². The van der Waals surface area contributed by atoms with Gasteiger partial charge in [0.05, 0.1) is 0 Å². The number of benzene rings is 2. The zero-order valence-electron chi connectivity index (χ0n) is 31.0. The van der Waals surface area contributed by atoms with E-state index in [1.165, 1.54) is 106 Å². The van der Waals surface area contributed by atoms with Crippen molar-refractivity contribution in [3.8, 4) is 22.8 Å². The molecule has 2 heterocycles. The minimum absolute atomic E-state index is 0.838. The molecule has 2 aliphatic carbocycles. The molecule has 4 aromatic rings. The van der Waals surface area contributed by atoms with E-state index in [4.69, 9.17) is 0 Å². The Morgan fingerprint density at radius 3 is 1.10 bits per heavy atom. The highest BCUT2D eigenvalue weighted by molar-refractivity contribution is 5.55. The molecule has 0 bridgehead atoms. The largest absolute Gasteiger partial charge is 0.236 e. The first-order valence-electron chi connectivity index (χ1n) is 19.9. The van der Waals surface area contributed by atoms with Crippen molar-refractivity contribution in [1.29, 1.82) is 0 Å². The molecule has 2 aliphatic rings. The normalized spacial score (nSPS) is 20.7. The number of hydrogen-bond acceptors (Lipinski definition) is 4. The van der Waals surface area contributed by atoms with Gasteiger partial charge in [0.25, 0.3) is 0 Å². The molecular weight excluding hydrogens is 597 g/mol. The molecule has 0 N–H and O–H groups in total. The molecule has 2 aromatic heterocycles. The van der Waals surface area contributed by atoms with Crippen LogP contribution in [0.15, 0.2) is 73.3 Å². The zero-order valence-corrected chi connectivity index (χ0v) is 31.0. The van der Waals surface area contributed by atoms with Crippen LogP contribution in [0.25, 0.3) is 22.8 Å². The smallest absolute Gasteiger partial charge is 0.159 e. The minimum atomic E-state index is 0.838. The van der Waals surface area contributed by atoms with Crippen LogP contribution in [0.4, 0.5) is 0 Å². The average molecular weight is 659 g/mol. The van der Waals surface area contributed by atoms with Crippen molar-refractivity contribution < 1.29 is 0 Å². The van der Waals surface area contributed by atoms with Crippen molar-refractivity contribution in [2.75, 3.05) is 0 Å². The molecule has 4 nitrogen and oxygen atoms in total.